The number of hydrogen-bond donors (Lipinski definition) is 0. The molecular formula is C8H5ClN2O. The van der Waals surface area contributed by atoms with E-state index in [4.69, 9.17) is 16.9 Å². The van der Waals surface area contributed by atoms with Crippen molar-refractivity contribution in [2.24, 2.45) is 0 Å². The van der Waals surface area contributed by atoms with Gasteiger partial charge in [0.05, 0.1) is 0 Å². The van der Waals surface area contributed by atoms with E-state index in [1.807, 2.05) is 6.07 Å². The maximum atomic E-state index is 10.3. The Labute approximate surface area is 74.6 Å². The Hall–Kier alpha value is -1.40. The van der Waals surface area contributed by atoms with Gasteiger partial charge < -0.3 is 4.79 Å². The van der Waals surface area contributed by atoms with E-state index in [2.05, 4.69) is 4.98 Å². The van der Waals surface area contributed by atoms with Crippen molar-refractivity contribution in [1.82, 2.24) is 4.98 Å². The van der Waals surface area contributed by atoms with Crippen molar-refractivity contribution >= 4 is 17.9 Å². The second kappa shape index (κ2) is 3.84. The third-order valence-electron chi connectivity index (χ3n) is 1.34. The topological polar surface area (TPSA) is 53.8 Å². The van der Waals surface area contributed by atoms with Gasteiger partial charge in [0.15, 0.2) is 0 Å². The molecule has 1 aromatic heterocycles. The Kier molecular flexibility index (Phi) is 2.78. The van der Waals surface area contributed by atoms with E-state index < -0.39 is 5.38 Å². The molecule has 1 heterocycles. The van der Waals surface area contributed by atoms with Gasteiger partial charge in [-0.25, -0.2) is 4.98 Å². The van der Waals surface area contributed by atoms with Gasteiger partial charge in [-0.2, -0.15) is 5.26 Å². The number of hydrogen-bond acceptors (Lipinski definition) is 3. The molecule has 1 rings (SSSR count). The van der Waals surface area contributed by atoms with Gasteiger partial charge in [0.1, 0.15) is 23.4 Å². The SMILES string of the molecule is N#Cc1cc(C(Cl)C=O)ccn1. The van der Waals surface area contributed by atoms with Crippen LogP contribution in [0.15, 0.2) is 18.3 Å². The Bertz CT molecular complexity index is 332. The van der Waals surface area contributed by atoms with E-state index >= 15 is 0 Å². The number of alkyl halides is 1. The van der Waals surface area contributed by atoms with Crippen LogP contribution in [0.2, 0.25) is 0 Å². The molecule has 4 heteroatoms. The first-order valence-corrected chi connectivity index (χ1v) is 3.67. The number of nitriles is 1. The lowest BCUT2D eigenvalue weighted by Crippen LogP contribution is -1.93. The van der Waals surface area contributed by atoms with E-state index in [0.717, 1.165) is 0 Å². The lowest BCUT2D eigenvalue weighted by molar-refractivity contribution is -0.107. The van der Waals surface area contributed by atoms with Gasteiger partial charge >= 0.3 is 0 Å². The van der Waals surface area contributed by atoms with Gasteiger partial charge in [-0.05, 0) is 17.7 Å². The molecule has 0 aliphatic heterocycles. The average molecular weight is 181 g/mol. The smallest absolute Gasteiger partial charge is 0.142 e. The number of rotatable bonds is 2. The third kappa shape index (κ3) is 1.80. The van der Waals surface area contributed by atoms with E-state index in [1.54, 1.807) is 6.07 Å². The summed E-state index contributed by atoms with van der Waals surface area (Å²) in [5.41, 5.74) is 0.859. The van der Waals surface area contributed by atoms with Crippen molar-refractivity contribution in [2.75, 3.05) is 0 Å². The standard InChI is InChI=1S/C8H5ClN2O/c9-8(5-12)6-1-2-11-7(3-6)4-10/h1-3,5,8H. The van der Waals surface area contributed by atoms with Crippen LogP contribution in [0.25, 0.3) is 0 Å². The van der Waals surface area contributed by atoms with Crippen LogP contribution < -0.4 is 0 Å². The highest BCUT2D eigenvalue weighted by molar-refractivity contribution is 6.27. The zero-order valence-electron chi connectivity index (χ0n) is 6.07. The minimum atomic E-state index is -0.694. The lowest BCUT2D eigenvalue weighted by atomic mass is 10.2. The minimum absolute atomic E-state index is 0.264. The molecule has 12 heavy (non-hydrogen) atoms. The largest absolute Gasteiger partial charge is 0.301 e. The molecule has 0 saturated carbocycles. The molecule has 1 aromatic rings. The number of aromatic nitrogens is 1. The number of nitrogens with zero attached hydrogens (tertiary/aromatic N) is 2. The van der Waals surface area contributed by atoms with E-state index in [-0.39, 0.29) is 5.69 Å². The quantitative estimate of drug-likeness (QED) is 0.511. The van der Waals surface area contributed by atoms with Gasteiger partial charge in [-0.1, -0.05) is 0 Å². The molecular weight excluding hydrogens is 176 g/mol. The van der Waals surface area contributed by atoms with Crippen LogP contribution >= 0.6 is 11.6 Å². The molecule has 1 atom stereocenters. The second-order valence-electron chi connectivity index (χ2n) is 2.12. The summed E-state index contributed by atoms with van der Waals surface area (Å²) in [7, 11) is 0. The van der Waals surface area contributed by atoms with Gasteiger partial charge in [0.25, 0.3) is 0 Å². The maximum Gasteiger partial charge on any atom is 0.142 e. The summed E-state index contributed by atoms with van der Waals surface area (Å²) in [5.74, 6) is 0. The molecule has 3 nitrogen and oxygen atoms in total. The van der Waals surface area contributed by atoms with Crippen LogP contribution in [0.5, 0.6) is 0 Å². The molecule has 0 amide bonds. The van der Waals surface area contributed by atoms with Crippen molar-refractivity contribution in [3.63, 3.8) is 0 Å². The molecule has 60 valence electrons. The Balaban J connectivity index is 3.03. The van der Waals surface area contributed by atoms with E-state index in [9.17, 15) is 4.79 Å². The highest BCUT2D eigenvalue weighted by Gasteiger charge is 2.06. The summed E-state index contributed by atoms with van der Waals surface area (Å²) < 4.78 is 0. The predicted molar refractivity (Wildman–Crippen MR) is 43.6 cm³/mol. The summed E-state index contributed by atoms with van der Waals surface area (Å²) in [5, 5.41) is 7.78. The van der Waals surface area contributed by atoms with Gasteiger partial charge in [0.2, 0.25) is 0 Å². The average Bonchev–Trinajstić information content (AvgIpc) is 2.17. The van der Waals surface area contributed by atoms with Crippen molar-refractivity contribution in [3.05, 3.63) is 29.6 Å². The maximum absolute atomic E-state index is 10.3. The molecule has 0 saturated heterocycles. The summed E-state index contributed by atoms with van der Waals surface area (Å²) >= 11 is 5.61. The Morgan fingerprint density at radius 2 is 2.50 bits per heavy atom. The van der Waals surface area contributed by atoms with E-state index in [1.165, 1.54) is 12.3 Å². The fraction of sp³-hybridized carbons (Fsp3) is 0.125. The molecule has 0 bridgehead atoms. The fourth-order valence-corrected chi connectivity index (χ4v) is 0.894. The molecule has 0 aliphatic carbocycles. The number of carbonyl (C=O) groups is 1. The Morgan fingerprint density at radius 3 is 3.08 bits per heavy atom. The van der Waals surface area contributed by atoms with Crippen molar-refractivity contribution in [3.8, 4) is 6.07 Å². The Morgan fingerprint density at radius 1 is 1.75 bits per heavy atom. The fourth-order valence-electron chi connectivity index (χ4n) is 0.758. The zero-order valence-corrected chi connectivity index (χ0v) is 6.82. The van der Waals surface area contributed by atoms with Gasteiger partial charge in [-0.3, -0.25) is 0 Å². The lowest BCUT2D eigenvalue weighted by Gasteiger charge is -1.99. The van der Waals surface area contributed by atoms with Gasteiger partial charge in [-0.15, -0.1) is 11.6 Å². The normalized spacial score (nSPS) is 11.7. The predicted octanol–water partition coefficient (Wildman–Crippen LogP) is 1.43. The van der Waals surface area contributed by atoms with Crippen LogP contribution in [-0.4, -0.2) is 11.3 Å². The highest BCUT2D eigenvalue weighted by atomic mass is 35.5. The number of carbonyl (C=O) groups excluding carboxylic acids is 1. The monoisotopic (exact) mass is 180 g/mol. The second-order valence-corrected chi connectivity index (χ2v) is 2.59. The summed E-state index contributed by atoms with van der Waals surface area (Å²) in [6, 6.07) is 4.96. The molecule has 0 fully saturated rings. The summed E-state index contributed by atoms with van der Waals surface area (Å²) in [6.45, 7) is 0. The zero-order chi connectivity index (χ0) is 8.97. The number of pyridine rings is 1. The molecule has 1 unspecified atom stereocenters. The molecule has 0 spiro atoms. The summed E-state index contributed by atoms with van der Waals surface area (Å²) in [4.78, 5) is 14.0. The summed E-state index contributed by atoms with van der Waals surface area (Å²) in [6.07, 6.45) is 2.06. The molecule has 0 aromatic carbocycles. The first-order chi connectivity index (χ1) is 5.77. The number of aldehydes is 1. The molecule has 0 N–H and O–H groups in total. The van der Waals surface area contributed by atoms with Crippen molar-refractivity contribution in [1.29, 1.82) is 5.26 Å². The van der Waals surface area contributed by atoms with Crippen LogP contribution in [0.1, 0.15) is 16.6 Å². The van der Waals surface area contributed by atoms with Crippen molar-refractivity contribution < 1.29 is 4.79 Å². The van der Waals surface area contributed by atoms with Crippen LogP contribution in [0.3, 0.4) is 0 Å². The van der Waals surface area contributed by atoms with Crippen LogP contribution in [0.4, 0.5) is 0 Å². The molecule has 0 radical (unpaired) electrons. The van der Waals surface area contributed by atoms with E-state index in [0.29, 0.717) is 11.8 Å². The highest BCUT2D eigenvalue weighted by Crippen LogP contribution is 2.17. The first-order valence-electron chi connectivity index (χ1n) is 3.23. The van der Waals surface area contributed by atoms with Crippen LogP contribution in [0, 0.1) is 11.3 Å². The third-order valence-corrected chi connectivity index (χ3v) is 1.69. The first kappa shape index (κ1) is 8.69. The van der Waals surface area contributed by atoms with Crippen LogP contribution in [-0.2, 0) is 4.79 Å². The molecule has 0 aliphatic rings. The minimum Gasteiger partial charge on any atom is -0.301 e. The van der Waals surface area contributed by atoms with Crippen molar-refractivity contribution in [2.45, 2.75) is 5.38 Å². The number of halogens is 1. The van der Waals surface area contributed by atoms with Gasteiger partial charge in [0, 0.05) is 6.20 Å².